The lowest BCUT2D eigenvalue weighted by Crippen LogP contribution is -2.47. The van der Waals surface area contributed by atoms with Gasteiger partial charge >= 0.3 is 0 Å². The monoisotopic (exact) mass is 439 g/mol. The fourth-order valence-electron chi connectivity index (χ4n) is 3.99. The minimum atomic E-state index is 0. The van der Waals surface area contributed by atoms with Gasteiger partial charge in [0.05, 0.1) is 12.8 Å². The first kappa shape index (κ1) is 23.7. The Balaban J connectivity index is 0.00000150. The lowest BCUT2D eigenvalue weighted by molar-refractivity contribution is 0.239. The molecule has 0 spiro atoms. The molecule has 2 aromatic rings. The van der Waals surface area contributed by atoms with Gasteiger partial charge in [0.1, 0.15) is 5.75 Å². The predicted octanol–water partition coefficient (Wildman–Crippen LogP) is 3.03. The lowest BCUT2D eigenvalue weighted by Gasteiger charge is -2.35. The number of nitrogens with zero attached hydrogens (tertiary/aromatic N) is 5. The van der Waals surface area contributed by atoms with Gasteiger partial charge in [0.25, 0.3) is 0 Å². The van der Waals surface area contributed by atoms with E-state index in [4.69, 9.17) is 9.72 Å². The van der Waals surface area contributed by atoms with E-state index in [0.29, 0.717) is 0 Å². The van der Waals surface area contributed by atoms with E-state index in [1.54, 1.807) is 7.11 Å². The fraction of sp³-hybridized carbons (Fsp3) is 0.524. The number of methoxy groups -OCH3 is 1. The molecule has 0 aliphatic carbocycles. The predicted molar refractivity (Wildman–Crippen MR) is 122 cm³/mol. The number of piperazine rings is 1. The van der Waals surface area contributed by atoms with Crippen molar-refractivity contribution < 1.29 is 4.74 Å². The summed E-state index contributed by atoms with van der Waals surface area (Å²) in [5, 5.41) is 0. The molecule has 0 radical (unpaired) electrons. The summed E-state index contributed by atoms with van der Waals surface area (Å²) in [7, 11) is 1.74. The molecule has 6 nitrogen and oxygen atoms in total. The molecular weight excluding hydrogens is 409 g/mol. The van der Waals surface area contributed by atoms with Gasteiger partial charge in [-0.2, -0.15) is 0 Å². The highest BCUT2D eigenvalue weighted by Gasteiger charge is 2.22. The van der Waals surface area contributed by atoms with Gasteiger partial charge in [0, 0.05) is 69.6 Å². The molecule has 0 unspecified atom stereocenters. The Labute approximate surface area is 186 Å². The van der Waals surface area contributed by atoms with Crippen molar-refractivity contribution in [3.63, 3.8) is 0 Å². The van der Waals surface area contributed by atoms with E-state index in [-0.39, 0.29) is 24.8 Å². The minimum Gasteiger partial charge on any atom is -0.496 e. The van der Waals surface area contributed by atoms with Crippen molar-refractivity contribution >= 4 is 30.8 Å². The number of anilines is 1. The Morgan fingerprint density at radius 1 is 1.00 bits per heavy atom. The molecule has 8 heteroatoms. The zero-order valence-electron chi connectivity index (χ0n) is 17.2. The maximum Gasteiger partial charge on any atom is 0.225 e. The number of halogens is 2. The maximum atomic E-state index is 5.49. The largest absolute Gasteiger partial charge is 0.496 e. The van der Waals surface area contributed by atoms with Crippen LogP contribution in [0.4, 0.5) is 5.95 Å². The average Bonchev–Trinajstić information content (AvgIpc) is 2.74. The third kappa shape index (κ3) is 5.51. The van der Waals surface area contributed by atoms with Gasteiger partial charge in [-0.25, -0.2) is 9.97 Å². The van der Waals surface area contributed by atoms with Gasteiger partial charge in [-0.05, 0) is 12.6 Å². The minimum absolute atomic E-state index is 0. The first-order valence-corrected chi connectivity index (χ1v) is 9.93. The zero-order valence-corrected chi connectivity index (χ0v) is 18.8. The molecular formula is C21H31Cl2N5O. The highest BCUT2D eigenvalue weighted by Crippen LogP contribution is 2.24. The van der Waals surface area contributed by atoms with Crippen LogP contribution in [0.25, 0.3) is 0 Å². The van der Waals surface area contributed by atoms with E-state index in [2.05, 4.69) is 38.7 Å². The number of rotatable bonds is 5. The number of likely N-dealkylation sites (N-methyl/N-ethyl adjacent to an activating group) is 1. The van der Waals surface area contributed by atoms with E-state index < -0.39 is 0 Å². The molecule has 1 fully saturated rings. The van der Waals surface area contributed by atoms with Crippen molar-refractivity contribution in [3.05, 3.63) is 47.3 Å². The topological polar surface area (TPSA) is 44.7 Å². The molecule has 160 valence electrons. The summed E-state index contributed by atoms with van der Waals surface area (Å²) < 4.78 is 5.49. The van der Waals surface area contributed by atoms with Gasteiger partial charge in [-0.3, -0.25) is 4.90 Å². The number of benzene rings is 1. The van der Waals surface area contributed by atoms with Crippen molar-refractivity contribution in [2.45, 2.75) is 26.4 Å². The smallest absolute Gasteiger partial charge is 0.225 e. The van der Waals surface area contributed by atoms with Crippen LogP contribution in [0.15, 0.2) is 30.5 Å². The van der Waals surface area contributed by atoms with Gasteiger partial charge in [0.2, 0.25) is 5.95 Å². The zero-order chi connectivity index (χ0) is 18.6. The molecule has 0 bridgehead atoms. The van der Waals surface area contributed by atoms with E-state index in [1.807, 2.05) is 18.3 Å². The van der Waals surface area contributed by atoms with Crippen LogP contribution in [-0.2, 0) is 19.5 Å². The van der Waals surface area contributed by atoms with Crippen LogP contribution in [0, 0.1) is 0 Å². The van der Waals surface area contributed by atoms with E-state index in [1.165, 1.54) is 16.8 Å². The first-order chi connectivity index (χ1) is 13.3. The van der Waals surface area contributed by atoms with E-state index >= 15 is 0 Å². The Hall–Kier alpha value is -1.60. The second-order valence-corrected chi connectivity index (χ2v) is 7.34. The number of ether oxygens (including phenoxy) is 1. The molecule has 1 aromatic heterocycles. The normalized spacial score (nSPS) is 17.1. The molecule has 1 saturated heterocycles. The first-order valence-electron chi connectivity index (χ1n) is 9.93. The number of fused-ring (bicyclic) bond motifs is 1. The van der Waals surface area contributed by atoms with Crippen LogP contribution in [0.1, 0.15) is 23.7 Å². The van der Waals surface area contributed by atoms with Gasteiger partial charge in [-0.15, -0.1) is 24.8 Å². The van der Waals surface area contributed by atoms with Crippen molar-refractivity contribution in [2.24, 2.45) is 0 Å². The third-order valence-corrected chi connectivity index (χ3v) is 5.69. The molecule has 0 saturated carbocycles. The molecule has 2 aliphatic rings. The quantitative estimate of drug-likeness (QED) is 0.713. The Bertz CT molecular complexity index is 783. The highest BCUT2D eigenvalue weighted by molar-refractivity contribution is 5.85. The molecule has 0 atom stereocenters. The van der Waals surface area contributed by atoms with Crippen LogP contribution < -0.4 is 9.64 Å². The van der Waals surface area contributed by atoms with Gasteiger partial charge in [0.15, 0.2) is 0 Å². The standard InChI is InChI=1S/C21H29N5O.2ClH/c1-3-24-10-12-26(13-11-24)21-22-14-18-16-25(9-8-19(18)23-21)15-17-6-4-5-7-20(17)27-2;;/h4-7,14H,3,8-13,15-16H2,1-2H3;2*1H. The molecule has 0 N–H and O–H groups in total. The molecule has 3 heterocycles. The van der Waals surface area contributed by atoms with Crippen molar-refractivity contribution in [1.29, 1.82) is 0 Å². The van der Waals surface area contributed by atoms with Crippen molar-refractivity contribution in [2.75, 3.05) is 51.3 Å². The van der Waals surface area contributed by atoms with Gasteiger partial charge < -0.3 is 14.5 Å². The second-order valence-electron chi connectivity index (χ2n) is 7.34. The van der Waals surface area contributed by atoms with E-state index in [9.17, 15) is 0 Å². The van der Waals surface area contributed by atoms with Gasteiger partial charge in [-0.1, -0.05) is 25.1 Å². The summed E-state index contributed by atoms with van der Waals surface area (Å²) in [5.74, 6) is 1.86. The van der Waals surface area contributed by atoms with Crippen LogP contribution in [0.3, 0.4) is 0 Å². The van der Waals surface area contributed by atoms with Crippen molar-refractivity contribution in [1.82, 2.24) is 19.8 Å². The number of hydrogen-bond acceptors (Lipinski definition) is 6. The number of aromatic nitrogens is 2. The highest BCUT2D eigenvalue weighted by atomic mass is 35.5. The molecule has 1 aromatic carbocycles. The summed E-state index contributed by atoms with van der Waals surface area (Å²) in [5.41, 5.74) is 3.70. The molecule has 0 amide bonds. The summed E-state index contributed by atoms with van der Waals surface area (Å²) in [6.45, 7) is 10.4. The number of para-hydroxylation sites is 1. The van der Waals surface area contributed by atoms with E-state index in [0.717, 1.165) is 70.5 Å². The second kappa shape index (κ2) is 11.0. The molecule has 2 aliphatic heterocycles. The summed E-state index contributed by atoms with van der Waals surface area (Å²) in [4.78, 5) is 16.8. The fourth-order valence-corrected chi connectivity index (χ4v) is 3.99. The Kier molecular flexibility index (Phi) is 8.96. The van der Waals surface area contributed by atoms with Crippen molar-refractivity contribution in [3.8, 4) is 5.75 Å². The van der Waals surface area contributed by atoms with Crippen LogP contribution >= 0.6 is 24.8 Å². The lowest BCUT2D eigenvalue weighted by atomic mass is 10.1. The molecule has 29 heavy (non-hydrogen) atoms. The third-order valence-electron chi connectivity index (χ3n) is 5.69. The van der Waals surface area contributed by atoms with Crippen LogP contribution in [0.2, 0.25) is 0 Å². The molecule has 4 rings (SSSR count). The average molecular weight is 440 g/mol. The number of hydrogen-bond donors (Lipinski definition) is 0. The van der Waals surface area contributed by atoms with Crippen LogP contribution in [-0.4, -0.2) is 66.1 Å². The Morgan fingerprint density at radius 3 is 2.48 bits per heavy atom. The van der Waals surface area contributed by atoms with Crippen LogP contribution in [0.5, 0.6) is 5.75 Å². The summed E-state index contributed by atoms with van der Waals surface area (Å²) in [6, 6.07) is 8.26. The SMILES string of the molecule is CCN1CCN(c2ncc3c(n2)CCN(Cc2ccccc2OC)C3)CC1.Cl.Cl. The Morgan fingerprint density at radius 2 is 1.76 bits per heavy atom. The summed E-state index contributed by atoms with van der Waals surface area (Å²) in [6.07, 6.45) is 3.02. The maximum absolute atomic E-state index is 5.49. The summed E-state index contributed by atoms with van der Waals surface area (Å²) >= 11 is 0.